The third-order valence-electron chi connectivity index (χ3n) is 2.65. The maximum absolute atomic E-state index is 5.41. The molecule has 1 aromatic heterocycles. The predicted octanol–water partition coefficient (Wildman–Crippen LogP) is 0.338. The van der Waals surface area contributed by atoms with Gasteiger partial charge in [0.2, 0.25) is 5.89 Å². The SMILES string of the molecule is CN1CCCC(c2noc(CN)n2)C1. The number of aromatic nitrogens is 2. The normalized spacial score (nSPS) is 24.0. The van der Waals surface area contributed by atoms with Crippen molar-refractivity contribution in [1.82, 2.24) is 15.0 Å². The maximum atomic E-state index is 5.41. The second-order valence-electron chi connectivity index (χ2n) is 3.85. The highest BCUT2D eigenvalue weighted by atomic mass is 16.5. The number of rotatable bonds is 2. The van der Waals surface area contributed by atoms with Crippen LogP contribution in [0.25, 0.3) is 0 Å². The van der Waals surface area contributed by atoms with Crippen molar-refractivity contribution in [2.75, 3.05) is 20.1 Å². The fourth-order valence-corrected chi connectivity index (χ4v) is 1.89. The molecule has 1 aliphatic rings. The van der Waals surface area contributed by atoms with E-state index < -0.39 is 0 Å². The molecule has 0 bridgehead atoms. The van der Waals surface area contributed by atoms with Crippen molar-refractivity contribution in [3.05, 3.63) is 11.7 Å². The Labute approximate surface area is 83.3 Å². The Morgan fingerprint density at radius 1 is 1.64 bits per heavy atom. The van der Waals surface area contributed by atoms with Gasteiger partial charge in [-0.25, -0.2) is 0 Å². The van der Waals surface area contributed by atoms with Gasteiger partial charge in [-0.3, -0.25) is 0 Å². The van der Waals surface area contributed by atoms with Crippen LogP contribution in [0, 0.1) is 0 Å². The molecule has 5 nitrogen and oxygen atoms in total. The fourth-order valence-electron chi connectivity index (χ4n) is 1.89. The van der Waals surface area contributed by atoms with Crippen LogP contribution in [0.5, 0.6) is 0 Å². The zero-order chi connectivity index (χ0) is 9.97. The summed E-state index contributed by atoms with van der Waals surface area (Å²) in [5.41, 5.74) is 5.41. The Morgan fingerprint density at radius 2 is 2.50 bits per heavy atom. The van der Waals surface area contributed by atoms with Crippen molar-refractivity contribution in [3.8, 4) is 0 Å². The van der Waals surface area contributed by atoms with Crippen molar-refractivity contribution in [2.45, 2.75) is 25.3 Å². The van der Waals surface area contributed by atoms with Crippen molar-refractivity contribution in [1.29, 1.82) is 0 Å². The minimum atomic E-state index is 0.329. The molecular formula is C9H16N4O. The number of likely N-dealkylation sites (N-methyl/N-ethyl adjacent to an activating group) is 1. The molecule has 2 N–H and O–H groups in total. The average molecular weight is 196 g/mol. The summed E-state index contributed by atoms with van der Waals surface area (Å²) in [6, 6.07) is 0. The van der Waals surface area contributed by atoms with Crippen molar-refractivity contribution < 1.29 is 4.52 Å². The average Bonchev–Trinajstić information content (AvgIpc) is 2.66. The first-order valence-electron chi connectivity index (χ1n) is 5.00. The second kappa shape index (κ2) is 4.06. The second-order valence-corrected chi connectivity index (χ2v) is 3.85. The molecule has 14 heavy (non-hydrogen) atoms. The largest absolute Gasteiger partial charge is 0.338 e. The van der Waals surface area contributed by atoms with Crippen LogP contribution in [-0.2, 0) is 6.54 Å². The lowest BCUT2D eigenvalue weighted by molar-refractivity contribution is 0.242. The van der Waals surface area contributed by atoms with Crippen molar-refractivity contribution in [2.24, 2.45) is 5.73 Å². The summed E-state index contributed by atoms with van der Waals surface area (Å²) in [5.74, 6) is 1.77. The van der Waals surface area contributed by atoms with E-state index in [1.807, 2.05) is 0 Å². The molecule has 0 aromatic carbocycles. The molecule has 2 heterocycles. The molecule has 1 saturated heterocycles. The fraction of sp³-hybridized carbons (Fsp3) is 0.778. The van der Waals surface area contributed by atoms with E-state index >= 15 is 0 Å². The Bertz CT molecular complexity index is 299. The molecule has 0 saturated carbocycles. The number of likely N-dealkylation sites (tertiary alicyclic amines) is 1. The van der Waals surface area contributed by atoms with Crippen molar-refractivity contribution in [3.63, 3.8) is 0 Å². The topological polar surface area (TPSA) is 68.2 Å². The Kier molecular flexibility index (Phi) is 2.79. The molecule has 5 heteroatoms. The van der Waals surface area contributed by atoms with Crippen LogP contribution in [0.3, 0.4) is 0 Å². The summed E-state index contributed by atoms with van der Waals surface area (Å²) in [6.07, 6.45) is 2.35. The highest BCUT2D eigenvalue weighted by Crippen LogP contribution is 2.23. The molecule has 1 atom stereocenters. The molecule has 1 unspecified atom stereocenters. The van der Waals surface area contributed by atoms with Gasteiger partial charge in [0.15, 0.2) is 5.82 Å². The zero-order valence-corrected chi connectivity index (χ0v) is 8.44. The molecule has 0 radical (unpaired) electrons. The first-order chi connectivity index (χ1) is 6.79. The summed E-state index contributed by atoms with van der Waals surface area (Å²) in [4.78, 5) is 6.56. The van der Waals surface area contributed by atoms with Crippen LogP contribution in [0.15, 0.2) is 4.52 Å². The van der Waals surface area contributed by atoms with Gasteiger partial charge in [-0.2, -0.15) is 4.98 Å². The molecule has 0 spiro atoms. The van der Waals surface area contributed by atoms with E-state index in [1.165, 1.54) is 6.42 Å². The number of nitrogens with two attached hydrogens (primary N) is 1. The van der Waals surface area contributed by atoms with E-state index in [1.54, 1.807) is 0 Å². The minimum Gasteiger partial charge on any atom is -0.338 e. The van der Waals surface area contributed by atoms with Crippen molar-refractivity contribution >= 4 is 0 Å². The van der Waals surface area contributed by atoms with Gasteiger partial charge in [0.25, 0.3) is 0 Å². The molecule has 0 aliphatic carbocycles. The predicted molar refractivity (Wildman–Crippen MR) is 51.7 cm³/mol. The number of hydrogen-bond acceptors (Lipinski definition) is 5. The van der Waals surface area contributed by atoms with Crippen LogP contribution in [0.1, 0.15) is 30.5 Å². The van der Waals surface area contributed by atoms with Gasteiger partial charge in [-0.1, -0.05) is 5.16 Å². The summed E-state index contributed by atoms with van der Waals surface area (Å²) < 4.78 is 5.00. The number of piperidine rings is 1. The van der Waals surface area contributed by atoms with Gasteiger partial charge >= 0.3 is 0 Å². The smallest absolute Gasteiger partial charge is 0.240 e. The van der Waals surface area contributed by atoms with Gasteiger partial charge in [0.1, 0.15) is 0 Å². The van der Waals surface area contributed by atoms with Crippen LogP contribution in [-0.4, -0.2) is 35.2 Å². The summed E-state index contributed by atoms with van der Waals surface area (Å²) in [6.45, 7) is 2.51. The molecule has 1 aliphatic heterocycles. The lowest BCUT2D eigenvalue weighted by atomic mass is 9.98. The van der Waals surface area contributed by atoms with E-state index in [-0.39, 0.29) is 0 Å². The summed E-state index contributed by atoms with van der Waals surface area (Å²) in [5, 5.41) is 3.95. The van der Waals surface area contributed by atoms with Crippen LogP contribution in [0.4, 0.5) is 0 Å². The van der Waals surface area contributed by atoms with Gasteiger partial charge in [-0.15, -0.1) is 0 Å². The standard InChI is InChI=1S/C9H16N4O/c1-13-4-2-3-7(6-13)9-11-8(5-10)14-12-9/h7H,2-6,10H2,1H3. The summed E-state index contributed by atoms with van der Waals surface area (Å²) in [7, 11) is 2.12. The minimum absolute atomic E-state index is 0.329. The Hall–Kier alpha value is -0.940. The van der Waals surface area contributed by atoms with Crippen LogP contribution >= 0.6 is 0 Å². The first-order valence-corrected chi connectivity index (χ1v) is 5.00. The molecular weight excluding hydrogens is 180 g/mol. The summed E-state index contributed by atoms with van der Waals surface area (Å²) >= 11 is 0. The van der Waals surface area contributed by atoms with E-state index in [4.69, 9.17) is 10.3 Å². The van der Waals surface area contributed by atoms with Gasteiger partial charge in [0, 0.05) is 12.5 Å². The molecule has 1 fully saturated rings. The molecule has 78 valence electrons. The first kappa shape index (κ1) is 9.61. The van der Waals surface area contributed by atoms with E-state index in [2.05, 4.69) is 22.1 Å². The quantitative estimate of drug-likeness (QED) is 0.738. The highest BCUT2D eigenvalue weighted by Gasteiger charge is 2.23. The Balaban J connectivity index is 2.06. The van der Waals surface area contributed by atoms with Crippen LogP contribution in [0.2, 0.25) is 0 Å². The lowest BCUT2D eigenvalue weighted by Gasteiger charge is -2.27. The van der Waals surface area contributed by atoms with Gasteiger partial charge < -0.3 is 15.2 Å². The zero-order valence-electron chi connectivity index (χ0n) is 8.44. The van der Waals surface area contributed by atoms with Gasteiger partial charge in [0.05, 0.1) is 6.54 Å². The highest BCUT2D eigenvalue weighted by molar-refractivity contribution is 4.98. The van der Waals surface area contributed by atoms with E-state index in [9.17, 15) is 0 Å². The number of hydrogen-bond donors (Lipinski definition) is 1. The number of nitrogens with zero attached hydrogens (tertiary/aromatic N) is 3. The monoisotopic (exact) mass is 196 g/mol. The van der Waals surface area contributed by atoms with Gasteiger partial charge in [-0.05, 0) is 26.4 Å². The molecule has 2 rings (SSSR count). The Morgan fingerprint density at radius 3 is 3.14 bits per heavy atom. The lowest BCUT2D eigenvalue weighted by Crippen LogP contribution is -2.31. The molecule has 0 amide bonds. The maximum Gasteiger partial charge on any atom is 0.240 e. The molecule has 1 aromatic rings. The van der Waals surface area contributed by atoms with Crippen LogP contribution < -0.4 is 5.73 Å². The van der Waals surface area contributed by atoms with E-state index in [0.717, 1.165) is 25.3 Å². The third kappa shape index (κ3) is 1.93. The van der Waals surface area contributed by atoms with E-state index in [0.29, 0.717) is 18.4 Å². The third-order valence-corrected chi connectivity index (χ3v) is 2.65.